The zero-order valence-electron chi connectivity index (χ0n) is 23.0. The molecule has 8 heteroatoms. The molecule has 4 heterocycles. The molecule has 0 radical (unpaired) electrons. The van der Waals surface area contributed by atoms with Crippen LogP contribution in [0.5, 0.6) is 0 Å². The highest BCUT2D eigenvalue weighted by atomic mass is 19.1. The van der Waals surface area contributed by atoms with Crippen LogP contribution in [0.4, 0.5) is 20.6 Å². The van der Waals surface area contributed by atoms with E-state index in [2.05, 4.69) is 16.7 Å². The molecule has 1 spiro atoms. The molecule has 1 atom stereocenters. The van der Waals surface area contributed by atoms with Gasteiger partial charge in [-0.25, -0.2) is 9.18 Å². The molecule has 0 N–H and O–H groups in total. The van der Waals surface area contributed by atoms with E-state index in [4.69, 9.17) is 4.74 Å². The number of anilines is 2. The Balaban J connectivity index is 1.19. The SMILES string of the molecule is C[C@H]1CCCN1C1CCN(c2ccc(N3CCC4(CCN(C(=O)OC(C)(C)C)CC4)C3=O)c(F)c2)CC1. The maximum absolute atomic E-state index is 15.4. The van der Waals surface area contributed by atoms with Crippen LogP contribution in [0.3, 0.4) is 0 Å². The van der Waals surface area contributed by atoms with Gasteiger partial charge in [0.25, 0.3) is 0 Å². The van der Waals surface area contributed by atoms with Gasteiger partial charge in [0.1, 0.15) is 11.4 Å². The number of benzene rings is 1. The summed E-state index contributed by atoms with van der Waals surface area (Å²) in [5.74, 6) is -0.340. The van der Waals surface area contributed by atoms with Gasteiger partial charge >= 0.3 is 6.09 Å². The highest BCUT2D eigenvalue weighted by Gasteiger charge is 2.49. The number of carbonyl (C=O) groups is 2. The van der Waals surface area contributed by atoms with E-state index in [1.807, 2.05) is 26.8 Å². The average molecular weight is 515 g/mol. The first kappa shape index (κ1) is 26.3. The molecule has 4 aliphatic heterocycles. The molecular formula is C29H43FN4O3. The Hall–Kier alpha value is -2.35. The van der Waals surface area contributed by atoms with Gasteiger partial charge in [0, 0.05) is 50.5 Å². The zero-order chi connectivity index (χ0) is 26.4. The Bertz CT molecular complexity index is 1010. The fourth-order valence-corrected chi connectivity index (χ4v) is 6.82. The fourth-order valence-electron chi connectivity index (χ4n) is 6.82. The number of hydrogen-bond acceptors (Lipinski definition) is 5. The molecular weight excluding hydrogens is 471 g/mol. The molecule has 7 nitrogen and oxygen atoms in total. The zero-order valence-corrected chi connectivity index (χ0v) is 23.0. The molecule has 0 aliphatic carbocycles. The third-order valence-corrected chi connectivity index (χ3v) is 9.01. The first-order valence-electron chi connectivity index (χ1n) is 14.2. The third-order valence-electron chi connectivity index (χ3n) is 9.01. The van der Waals surface area contributed by atoms with Crippen molar-refractivity contribution in [2.24, 2.45) is 5.41 Å². The Morgan fingerprint density at radius 2 is 1.68 bits per heavy atom. The monoisotopic (exact) mass is 514 g/mol. The van der Waals surface area contributed by atoms with Gasteiger partial charge in [-0.2, -0.15) is 0 Å². The molecule has 4 aliphatic rings. The standard InChI is InChI=1S/C29H43FN4O3/c1-21-6-5-14-33(21)22-9-15-31(16-10-22)23-7-8-25(24(30)20-23)34-19-13-29(26(34)35)11-17-32(18-12-29)27(36)37-28(2,3)4/h7-8,20-22H,5-6,9-19H2,1-4H3/t21-/m0/s1. The maximum atomic E-state index is 15.4. The molecule has 0 unspecified atom stereocenters. The number of amides is 2. The van der Waals surface area contributed by atoms with Crippen molar-refractivity contribution in [2.75, 3.05) is 49.1 Å². The van der Waals surface area contributed by atoms with Crippen LogP contribution >= 0.6 is 0 Å². The van der Waals surface area contributed by atoms with Crippen molar-refractivity contribution in [1.82, 2.24) is 9.80 Å². The van der Waals surface area contributed by atoms with Crippen LogP contribution in [0.15, 0.2) is 18.2 Å². The largest absolute Gasteiger partial charge is 0.444 e. The molecule has 1 aromatic rings. The predicted molar refractivity (Wildman–Crippen MR) is 143 cm³/mol. The van der Waals surface area contributed by atoms with Crippen molar-refractivity contribution in [3.05, 3.63) is 24.0 Å². The molecule has 4 fully saturated rings. The van der Waals surface area contributed by atoms with Gasteiger partial charge in [-0.05, 0) is 97.4 Å². The minimum absolute atomic E-state index is 0.0106. The first-order valence-corrected chi connectivity index (χ1v) is 14.2. The van der Waals surface area contributed by atoms with Gasteiger partial charge in [0.2, 0.25) is 5.91 Å². The summed E-state index contributed by atoms with van der Waals surface area (Å²) in [5, 5.41) is 0. The number of nitrogens with zero attached hydrogens (tertiary/aromatic N) is 4. The molecule has 4 saturated heterocycles. The number of rotatable bonds is 3. The van der Waals surface area contributed by atoms with E-state index in [1.165, 1.54) is 19.4 Å². The minimum atomic E-state index is -0.543. The lowest BCUT2D eigenvalue weighted by atomic mass is 9.77. The van der Waals surface area contributed by atoms with Crippen LogP contribution in [0.1, 0.15) is 72.6 Å². The molecule has 0 saturated carbocycles. The van der Waals surface area contributed by atoms with Crippen molar-refractivity contribution in [2.45, 2.75) is 90.3 Å². The van der Waals surface area contributed by atoms with Gasteiger partial charge < -0.3 is 19.4 Å². The van der Waals surface area contributed by atoms with Crippen LogP contribution in [-0.4, -0.2) is 78.8 Å². The first-order chi connectivity index (χ1) is 17.6. The van der Waals surface area contributed by atoms with Crippen LogP contribution in [0, 0.1) is 11.2 Å². The van der Waals surface area contributed by atoms with Crippen molar-refractivity contribution < 1.29 is 18.7 Å². The van der Waals surface area contributed by atoms with Crippen molar-refractivity contribution in [1.29, 1.82) is 0 Å². The van der Waals surface area contributed by atoms with Crippen molar-refractivity contribution >= 4 is 23.4 Å². The highest BCUT2D eigenvalue weighted by Crippen LogP contribution is 2.44. The topological polar surface area (TPSA) is 56.3 Å². The summed E-state index contributed by atoms with van der Waals surface area (Å²) in [6.07, 6.45) is 6.36. The summed E-state index contributed by atoms with van der Waals surface area (Å²) >= 11 is 0. The second kappa shape index (κ2) is 10.1. The van der Waals surface area contributed by atoms with E-state index in [9.17, 15) is 9.59 Å². The molecule has 204 valence electrons. The number of halogens is 1. The van der Waals surface area contributed by atoms with E-state index in [1.54, 1.807) is 21.9 Å². The minimum Gasteiger partial charge on any atom is -0.444 e. The lowest BCUT2D eigenvalue weighted by molar-refractivity contribution is -0.128. The maximum Gasteiger partial charge on any atom is 0.410 e. The highest BCUT2D eigenvalue weighted by molar-refractivity contribution is 6.00. The quantitative estimate of drug-likeness (QED) is 0.566. The Labute approximate surface area is 220 Å². The number of ether oxygens (including phenoxy) is 1. The normalized spacial score (nSPS) is 25.4. The van der Waals surface area contributed by atoms with Crippen LogP contribution in [0.25, 0.3) is 0 Å². The van der Waals surface area contributed by atoms with E-state index < -0.39 is 11.0 Å². The summed E-state index contributed by atoms with van der Waals surface area (Å²) in [4.78, 5) is 34.2. The number of piperidine rings is 2. The molecule has 5 rings (SSSR count). The molecule has 1 aromatic carbocycles. The number of carbonyl (C=O) groups excluding carboxylic acids is 2. The van der Waals surface area contributed by atoms with E-state index >= 15 is 4.39 Å². The predicted octanol–water partition coefficient (Wildman–Crippen LogP) is 5.03. The summed E-state index contributed by atoms with van der Waals surface area (Å²) in [6.45, 7) is 12.5. The third kappa shape index (κ3) is 5.31. The molecule has 37 heavy (non-hydrogen) atoms. The van der Waals surface area contributed by atoms with Gasteiger partial charge in [-0.1, -0.05) is 0 Å². The summed E-state index contributed by atoms with van der Waals surface area (Å²) in [7, 11) is 0. The van der Waals surface area contributed by atoms with Crippen molar-refractivity contribution in [3.63, 3.8) is 0 Å². The van der Waals surface area contributed by atoms with Crippen LogP contribution in [-0.2, 0) is 9.53 Å². The smallest absolute Gasteiger partial charge is 0.410 e. The van der Waals surface area contributed by atoms with E-state index in [0.29, 0.717) is 56.7 Å². The average Bonchev–Trinajstić information content (AvgIpc) is 3.42. The van der Waals surface area contributed by atoms with Gasteiger partial charge in [-0.3, -0.25) is 9.69 Å². The van der Waals surface area contributed by atoms with E-state index in [-0.39, 0.29) is 17.8 Å². The van der Waals surface area contributed by atoms with Gasteiger partial charge in [-0.15, -0.1) is 0 Å². The van der Waals surface area contributed by atoms with Gasteiger partial charge in [0.15, 0.2) is 0 Å². The Kier molecular flexibility index (Phi) is 7.16. The van der Waals surface area contributed by atoms with Crippen molar-refractivity contribution in [3.8, 4) is 0 Å². The van der Waals surface area contributed by atoms with Gasteiger partial charge in [0.05, 0.1) is 11.1 Å². The summed E-state index contributed by atoms with van der Waals surface area (Å²) in [5.41, 5.74) is 0.221. The fraction of sp³-hybridized carbons (Fsp3) is 0.724. The number of likely N-dealkylation sites (tertiary alicyclic amines) is 2. The van der Waals surface area contributed by atoms with Crippen LogP contribution in [0.2, 0.25) is 0 Å². The van der Waals surface area contributed by atoms with Crippen LogP contribution < -0.4 is 9.80 Å². The lowest BCUT2D eigenvalue weighted by Gasteiger charge is -2.39. The molecule has 0 bridgehead atoms. The van der Waals surface area contributed by atoms with E-state index in [0.717, 1.165) is 31.6 Å². The second-order valence-corrected chi connectivity index (χ2v) is 12.5. The molecule has 0 aromatic heterocycles. The molecule has 2 amide bonds. The summed E-state index contributed by atoms with van der Waals surface area (Å²) in [6, 6.07) is 6.68. The second-order valence-electron chi connectivity index (χ2n) is 12.5. The lowest BCUT2D eigenvalue weighted by Crippen LogP contribution is -2.48. The summed E-state index contributed by atoms with van der Waals surface area (Å²) < 4.78 is 20.9. The Morgan fingerprint density at radius 1 is 1.00 bits per heavy atom. The Morgan fingerprint density at radius 3 is 2.27 bits per heavy atom. The number of hydrogen-bond donors (Lipinski definition) is 0.